The fraction of sp³-hybridized carbons (Fsp3) is 0.167. The Morgan fingerprint density at radius 3 is 2.41 bits per heavy atom. The van der Waals surface area contributed by atoms with Crippen molar-refractivity contribution in [3.05, 3.63) is 91.4 Å². The van der Waals surface area contributed by atoms with Crippen LogP contribution >= 0.6 is 11.3 Å². The molecule has 4 aromatic rings. The SMILES string of the molecule is CC(=O)c1ccc(NC(=O)Cn2c(=O)n(-c3cccc(C)c3C)c(=O)c3sccc32)cc1. The molecule has 32 heavy (non-hydrogen) atoms. The molecule has 0 fully saturated rings. The zero-order valence-corrected chi connectivity index (χ0v) is 18.7. The molecule has 0 spiro atoms. The van der Waals surface area contributed by atoms with Crippen molar-refractivity contribution in [2.24, 2.45) is 0 Å². The summed E-state index contributed by atoms with van der Waals surface area (Å²) in [7, 11) is 0. The quantitative estimate of drug-likeness (QED) is 0.473. The van der Waals surface area contributed by atoms with Crippen LogP contribution in [0.2, 0.25) is 0 Å². The van der Waals surface area contributed by atoms with Crippen molar-refractivity contribution < 1.29 is 9.59 Å². The van der Waals surface area contributed by atoms with Gasteiger partial charge < -0.3 is 5.32 Å². The van der Waals surface area contributed by atoms with Gasteiger partial charge in [0.15, 0.2) is 5.78 Å². The molecule has 1 N–H and O–H groups in total. The summed E-state index contributed by atoms with van der Waals surface area (Å²) in [6.45, 7) is 4.98. The summed E-state index contributed by atoms with van der Waals surface area (Å²) in [6.07, 6.45) is 0. The number of aromatic nitrogens is 2. The average molecular weight is 448 g/mol. The van der Waals surface area contributed by atoms with Gasteiger partial charge in [0.1, 0.15) is 11.2 Å². The predicted octanol–water partition coefficient (Wildman–Crippen LogP) is 3.67. The molecule has 0 radical (unpaired) electrons. The van der Waals surface area contributed by atoms with Crippen LogP contribution in [-0.4, -0.2) is 20.8 Å². The Kier molecular flexibility index (Phi) is 5.63. The molecular weight excluding hydrogens is 426 g/mol. The van der Waals surface area contributed by atoms with E-state index in [1.165, 1.54) is 22.8 Å². The van der Waals surface area contributed by atoms with Gasteiger partial charge in [-0.15, -0.1) is 11.3 Å². The number of anilines is 1. The zero-order chi connectivity index (χ0) is 23.0. The van der Waals surface area contributed by atoms with Crippen molar-refractivity contribution >= 4 is 38.9 Å². The largest absolute Gasteiger partial charge is 0.336 e. The number of carbonyl (C=O) groups is 2. The van der Waals surface area contributed by atoms with E-state index in [1.807, 2.05) is 19.9 Å². The van der Waals surface area contributed by atoms with Gasteiger partial charge in [-0.25, -0.2) is 9.36 Å². The molecule has 2 aromatic carbocycles. The van der Waals surface area contributed by atoms with Crippen molar-refractivity contribution in [1.82, 2.24) is 9.13 Å². The van der Waals surface area contributed by atoms with Crippen LogP contribution in [0.4, 0.5) is 5.69 Å². The van der Waals surface area contributed by atoms with Gasteiger partial charge in [0.2, 0.25) is 5.91 Å². The Balaban J connectivity index is 1.76. The first-order valence-corrected chi connectivity index (χ1v) is 10.9. The third-order valence-electron chi connectivity index (χ3n) is 5.45. The third kappa shape index (κ3) is 3.80. The second-order valence-electron chi connectivity index (χ2n) is 7.54. The lowest BCUT2D eigenvalue weighted by Gasteiger charge is -2.15. The number of hydrogen-bond donors (Lipinski definition) is 1. The number of rotatable bonds is 5. The monoisotopic (exact) mass is 447 g/mol. The highest BCUT2D eigenvalue weighted by atomic mass is 32.1. The summed E-state index contributed by atoms with van der Waals surface area (Å²) in [6, 6.07) is 13.6. The molecule has 0 aliphatic rings. The van der Waals surface area contributed by atoms with Crippen molar-refractivity contribution in [1.29, 1.82) is 0 Å². The van der Waals surface area contributed by atoms with Crippen molar-refractivity contribution in [3.63, 3.8) is 0 Å². The van der Waals surface area contributed by atoms with E-state index in [4.69, 9.17) is 0 Å². The van der Waals surface area contributed by atoms with Gasteiger partial charge in [-0.1, -0.05) is 12.1 Å². The van der Waals surface area contributed by atoms with E-state index in [2.05, 4.69) is 5.32 Å². The first-order valence-electron chi connectivity index (χ1n) is 9.98. The third-order valence-corrected chi connectivity index (χ3v) is 6.34. The summed E-state index contributed by atoms with van der Waals surface area (Å²) in [4.78, 5) is 50.7. The molecule has 0 saturated heterocycles. The Labute approximate surface area is 187 Å². The van der Waals surface area contributed by atoms with Gasteiger partial charge in [-0.05, 0) is 73.7 Å². The number of nitrogens with zero attached hydrogens (tertiary/aromatic N) is 2. The van der Waals surface area contributed by atoms with Gasteiger partial charge in [0.25, 0.3) is 5.56 Å². The molecular formula is C24H21N3O4S. The van der Waals surface area contributed by atoms with Gasteiger partial charge >= 0.3 is 5.69 Å². The lowest BCUT2D eigenvalue weighted by atomic mass is 10.1. The average Bonchev–Trinajstić information content (AvgIpc) is 3.25. The van der Waals surface area contributed by atoms with Crippen LogP contribution in [-0.2, 0) is 11.3 Å². The number of thiophene rings is 1. The number of fused-ring (bicyclic) bond motifs is 1. The van der Waals surface area contributed by atoms with E-state index in [1.54, 1.807) is 47.8 Å². The van der Waals surface area contributed by atoms with Crippen LogP contribution in [0, 0.1) is 13.8 Å². The molecule has 7 nitrogen and oxygen atoms in total. The van der Waals surface area contributed by atoms with E-state index in [-0.39, 0.29) is 12.3 Å². The van der Waals surface area contributed by atoms with E-state index < -0.39 is 17.2 Å². The Hall–Kier alpha value is -3.78. The number of nitrogens with one attached hydrogen (secondary N) is 1. The number of amides is 1. The minimum Gasteiger partial charge on any atom is -0.325 e. The van der Waals surface area contributed by atoms with Gasteiger partial charge in [-0.2, -0.15) is 0 Å². The van der Waals surface area contributed by atoms with E-state index in [0.29, 0.717) is 27.2 Å². The molecule has 162 valence electrons. The molecule has 0 saturated carbocycles. The molecule has 0 aliphatic carbocycles. The first kappa shape index (κ1) is 21.5. The molecule has 1 amide bonds. The molecule has 0 atom stereocenters. The normalized spacial score (nSPS) is 11.0. The summed E-state index contributed by atoms with van der Waals surface area (Å²) in [5, 5.41) is 4.47. The number of carbonyl (C=O) groups excluding carboxylic acids is 2. The Bertz CT molecular complexity index is 1480. The van der Waals surface area contributed by atoms with Crippen molar-refractivity contribution in [2.75, 3.05) is 5.32 Å². The smallest absolute Gasteiger partial charge is 0.325 e. The van der Waals surface area contributed by atoms with E-state index >= 15 is 0 Å². The van der Waals surface area contributed by atoms with Crippen LogP contribution in [0.25, 0.3) is 15.9 Å². The highest BCUT2D eigenvalue weighted by Gasteiger charge is 2.19. The zero-order valence-electron chi connectivity index (χ0n) is 17.8. The van der Waals surface area contributed by atoms with Crippen LogP contribution in [0.5, 0.6) is 0 Å². The summed E-state index contributed by atoms with van der Waals surface area (Å²) in [5.74, 6) is -0.482. The standard InChI is InChI=1S/C24H21N3O4S/c1-14-5-4-6-19(15(14)2)27-23(30)22-20(11-12-32-22)26(24(27)31)13-21(29)25-18-9-7-17(8-10-18)16(3)28/h4-12H,13H2,1-3H3,(H,25,29). The molecule has 0 unspecified atom stereocenters. The minimum absolute atomic E-state index is 0.0667. The molecule has 4 rings (SSSR count). The maximum absolute atomic E-state index is 13.4. The number of ketones is 1. The van der Waals surface area contributed by atoms with Gasteiger partial charge in [-0.3, -0.25) is 19.0 Å². The molecule has 2 aromatic heterocycles. The molecule has 0 aliphatic heterocycles. The van der Waals surface area contributed by atoms with Gasteiger partial charge in [0, 0.05) is 11.3 Å². The van der Waals surface area contributed by atoms with Gasteiger partial charge in [0.05, 0.1) is 11.2 Å². The minimum atomic E-state index is -0.573. The maximum Gasteiger partial charge on any atom is 0.336 e. The van der Waals surface area contributed by atoms with E-state index in [0.717, 1.165) is 15.7 Å². The highest BCUT2D eigenvalue weighted by molar-refractivity contribution is 7.17. The number of hydrogen-bond acceptors (Lipinski definition) is 5. The topological polar surface area (TPSA) is 90.2 Å². The van der Waals surface area contributed by atoms with Crippen LogP contribution in [0.3, 0.4) is 0 Å². The second-order valence-corrected chi connectivity index (χ2v) is 8.46. The molecule has 2 heterocycles. The highest BCUT2D eigenvalue weighted by Crippen LogP contribution is 2.19. The predicted molar refractivity (Wildman–Crippen MR) is 126 cm³/mol. The fourth-order valence-electron chi connectivity index (χ4n) is 3.56. The summed E-state index contributed by atoms with van der Waals surface area (Å²) in [5.41, 5.74) is 2.79. The molecule has 8 heteroatoms. The number of Topliss-reactive ketones (excluding diaryl/α,β-unsaturated/α-hetero) is 1. The van der Waals surface area contributed by atoms with Crippen LogP contribution in [0.1, 0.15) is 28.4 Å². The maximum atomic E-state index is 13.4. The Morgan fingerprint density at radius 2 is 1.72 bits per heavy atom. The lowest BCUT2D eigenvalue weighted by Crippen LogP contribution is -2.40. The van der Waals surface area contributed by atoms with Crippen molar-refractivity contribution in [3.8, 4) is 5.69 Å². The van der Waals surface area contributed by atoms with Crippen LogP contribution < -0.4 is 16.6 Å². The first-order chi connectivity index (χ1) is 15.3. The van der Waals surface area contributed by atoms with Crippen molar-refractivity contribution in [2.45, 2.75) is 27.3 Å². The Morgan fingerprint density at radius 1 is 1.00 bits per heavy atom. The summed E-state index contributed by atoms with van der Waals surface area (Å²) < 4.78 is 2.86. The summed E-state index contributed by atoms with van der Waals surface area (Å²) >= 11 is 1.23. The molecule has 0 bridgehead atoms. The lowest BCUT2D eigenvalue weighted by molar-refractivity contribution is -0.116. The fourth-order valence-corrected chi connectivity index (χ4v) is 4.39. The van der Waals surface area contributed by atoms with Crippen LogP contribution in [0.15, 0.2) is 63.5 Å². The van der Waals surface area contributed by atoms with E-state index in [9.17, 15) is 19.2 Å². The second kappa shape index (κ2) is 8.39. The number of aryl methyl sites for hydroxylation is 1. The number of benzene rings is 2.